The highest BCUT2D eigenvalue weighted by atomic mass is 32.2. The van der Waals surface area contributed by atoms with E-state index < -0.39 is 0 Å². The van der Waals surface area contributed by atoms with Crippen molar-refractivity contribution in [1.29, 1.82) is 0 Å². The van der Waals surface area contributed by atoms with Crippen LogP contribution in [0, 0.1) is 5.82 Å². The first-order valence-electron chi connectivity index (χ1n) is 11.3. The van der Waals surface area contributed by atoms with E-state index in [9.17, 15) is 9.18 Å². The van der Waals surface area contributed by atoms with Gasteiger partial charge in [-0.1, -0.05) is 36.0 Å². The molecule has 0 saturated heterocycles. The molecule has 0 aliphatic heterocycles. The van der Waals surface area contributed by atoms with E-state index in [4.69, 9.17) is 0 Å². The number of aromatic nitrogens is 3. The van der Waals surface area contributed by atoms with Crippen molar-refractivity contribution in [3.05, 3.63) is 71.3 Å². The number of fused-ring (bicyclic) bond motifs is 1. The maximum atomic E-state index is 13.6. The van der Waals surface area contributed by atoms with Gasteiger partial charge in [0.05, 0.1) is 17.3 Å². The second-order valence-electron chi connectivity index (χ2n) is 8.70. The van der Waals surface area contributed by atoms with Crippen molar-refractivity contribution in [3.63, 3.8) is 0 Å². The monoisotopic (exact) mass is 467 g/mol. The van der Waals surface area contributed by atoms with Gasteiger partial charge in [-0.3, -0.25) is 14.3 Å². The number of thioether (sulfide) groups is 1. The van der Waals surface area contributed by atoms with Gasteiger partial charge in [-0.25, -0.2) is 4.39 Å². The number of carbonyl (C=O) groups excluding carboxylic acids is 1. The van der Waals surface area contributed by atoms with Crippen LogP contribution in [0.25, 0.3) is 5.69 Å². The second-order valence-corrected chi connectivity index (χ2v) is 10.0. The third kappa shape index (κ3) is 5.12. The number of hydrogen-bond acceptors (Lipinski definition) is 5. The summed E-state index contributed by atoms with van der Waals surface area (Å²) < 4.78 is 15.5. The molecule has 0 saturated carbocycles. The lowest BCUT2D eigenvalue weighted by atomic mass is 9.88. The minimum absolute atomic E-state index is 0.0141. The van der Waals surface area contributed by atoms with E-state index in [-0.39, 0.29) is 29.1 Å². The van der Waals surface area contributed by atoms with Crippen LogP contribution in [0.2, 0.25) is 0 Å². The van der Waals surface area contributed by atoms with Gasteiger partial charge >= 0.3 is 0 Å². The molecule has 3 aromatic rings. The number of halogens is 1. The highest BCUT2D eigenvalue weighted by molar-refractivity contribution is 8.00. The summed E-state index contributed by atoms with van der Waals surface area (Å²) in [5.41, 5.74) is 3.29. The highest BCUT2D eigenvalue weighted by Gasteiger charge is 2.27. The van der Waals surface area contributed by atoms with Crippen molar-refractivity contribution >= 4 is 17.7 Å². The molecular weight excluding hydrogens is 437 g/mol. The first-order valence-corrected chi connectivity index (χ1v) is 12.2. The van der Waals surface area contributed by atoms with E-state index in [0.29, 0.717) is 5.16 Å². The van der Waals surface area contributed by atoms with Crippen LogP contribution in [-0.4, -0.2) is 44.9 Å². The molecule has 1 aliphatic rings. The molecule has 0 bridgehead atoms. The van der Waals surface area contributed by atoms with Crippen LogP contribution in [-0.2, 0) is 11.2 Å². The van der Waals surface area contributed by atoms with Crippen molar-refractivity contribution in [1.82, 2.24) is 25.0 Å². The molecule has 3 atom stereocenters. The fourth-order valence-corrected chi connectivity index (χ4v) is 4.98. The molecule has 8 heteroatoms. The summed E-state index contributed by atoms with van der Waals surface area (Å²) in [6.45, 7) is 3.92. The van der Waals surface area contributed by atoms with Crippen LogP contribution >= 0.6 is 11.8 Å². The normalized spacial score (nSPS) is 17.5. The molecule has 1 heterocycles. The van der Waals surface area contributed by atoms with Gasteiger partial charge in [0.2, 0.25) is 5.91 Å². The zero-order valence-corrected chi connectivity index (χ0v) is 20.3. The fraction of sp³-hybridized carbons (Fsp3) is 0.400. The molecule has 174 valence electrons. The Bertz CT molecular complexity index is 1110. The Balaban J connectivity index is 1.56. The van der Waals surface area contributed by atoms with E-state index in [1.54, 1.807) is 12.1 Å². The largest absolute Gasteiger partial charge is 0.348 e. The van der Waals surface area contributed by atoms with Crippen LogP contribution < -0.4 is 5.32 Å². The summed E-state index contributed by atoms with van der Waals surface area (Å²) in [7, 11) is 3.94. The van der Waals surface area contributed by atoms with Crippen molar-refractivity contribution in [2.45, 2.75) is 55.6 Å². The van der Waals surface area contributed by atoms with E-state index in [2.05, 4.69) is 33.7 Å². The molecule has 0 radical (unpaired) electrons. The van der Waals surface area contributed by atoms with Crippen LogP contribution in [0.15, 0.2) is 53.7 Å². The molecule has 33 heavy (non-hydrogen) atoms. The Kier molecular flexibility index (Phi) is 7.14. The minimum Gasteiger partial charge on any atom is -0.348 e. The number of nitrogens with zero attached hydrogens (tertiary/aromatic N) is 4. The SMILES string of the molecule is C[C@H](Sc1nnc([C@H](C)N(C)C)n1-c1ccc(F)cc1)C(=O)N[C@@H]1CCCc2ccccc21. The van der Waals surface area contributed by atoms with Gasteiger partial charge in [-0.2, -0.15) is 0 Å². The molecule has 1 N–H and O–H groups in total. The number of benzene rings is 2. The third-order valence-corrected chi connectivity index (χ3v) is 7.27. The maximum absolute atomic E-state index is 13.6. The van der Waals surface area contributed by atoms with Crippen molar-refractivity contribution in [2.24, 2.45) is 0 Å². The number of rotatable bonds is 7. The average Bonchev–Trinajstić information content (AvgIpc) is 3.22. The molecular formula is C25H30FN5OS. The van der Waals surface area contributed by atoms with Gasteiger partial charge in [0, 0.05) is 5.69 Å². The Morgan fingerprint density at radius 1 is 1.15 bits per heavy atom. The van der Waals surface area contributed by atoms with Gasteiger partial charge in [-0.05, 0) is 82.6 Å². The topological polar surface area (TPSA) is 63.1 Å². The van der Waals surface area contributed by atoms with Gasteiger partial charge < -0.3 is 5.32 Å². The molecule has 4 rings (SSSR count). The molecule has 2 aromatic carbocycles. The Hall–Kier alpha value is -2.71. The van der Waals surface area contributed by atoms with E-state index >= 15 is 0 Å². The van der Waals surface area contributed by atoms with Crippen LogP contribution in [0.5, 0.6) is 0 Å². The number of aryl methyl sites for hydroxylation is 1. The summed E-state index contributed by atoms with van der Waals surface area (Å²) in [4.78, 5) is 15.2. The quantitative estimate of drug-likeness (QED) is 0.510. The second kappa shape index (κ2) is 10.1. The standard InChI is InChI=1S/C25H30FN5OS/c1-16(30(3)4)23-28-29-25(31(23)20-14-12-19(26)13-15-20)33-17(2)24(32)27-22-11-7-9-18-8-5-6-10-21(18)22/h5-6,8,10,12-17,22H,7,9,11H2,1-4H3,(H,27,32)/t16-,17-,22+/m0/s1. The predicted octanol–water partition coefficient (Wildman–Crippen LogP) is 4.70. The molecule has 1 amide bonds. The van der Waals surface area contributed by atoms with Crippen molar-refractivity contribution in [3.8, 4) is 5.69 Å². The molecule has 1 aliphatic carbocycles. The third-order valence-electron chi connectivity index (χ3n) is 6.23. The summed E-state index contributed by atoms with van der Waals surface area (Å²) in [5.74, 6) is 0.407. The van der Waals surface area contributed by atoms with Crippen LogP contribution in [0.4, 0.5) is 4.39 Å². The summed E-state index contributed by atoms with van der Waals surface area (Å²) >= 11 is 1.36. The fourth-order valence-electron chi connectivity index (χ4n) is 4.10. The lowest BCUT2D eigenvalue weighted by Gasteiger charge is -2.27. The zero-order valence-electron chi connectivity index (χ0n) is 19.5. The first kappa shape index (κ1) is 23.4. The van der Waals surface area contributed by atoms with Crippen LogP contribution in [0.3, 0.4) is 0 Å². The molecule has 1 aromatic heterocycles. The summed E-state index contributed by atoms with van der Waals surface area (Å²) in [5, 5.41) is 12.3. The smallest absolute Gasteiger partial charge is 0.233 e. The maximum Gasteiger partial charge on any atom is 0.233 e. The lowest BCUT2D eigenvalue weighted by molar-refractivity contribution is -0.121. The molecule has 0 unspecified atom stereocenters. The van der Waals surface area contributed by atoms with Gasteiger partial charge in [0.15, 0.2) is 11.0 Å². The Morgan fingerprint density at radius 2 is 1.88 bits per heavy atom. The summed E-state index contributed by atoms with van der Waals surface area (Å²) in [6.07, 6.45) is 3.06. The van der Waals surface area contributed by atoms with Crippen LogP contribution in [0.1, 0.15) is 55.7 Å². The van der Waals surface area contributed by atoms with E-state index in [1.165, 1.54) is 35.0 Å². The number of amides is 1. The zero-order chi connectivity index (χ0) is 23.5. The van der Waals surface area contributed by atoms with Crippen molar-refractivity contribution in [2.75, 3.05) is 14.1 Å². The number of nitrogens with one attached hydrogen (secondary N) is 1. The van der Waals surface area contributed by atoms with E-state index in [1.807, 2.05) is 43.5 Å². The molecule has 0 fully saturated rings. The van der Waals surface area contributed by atoms with Gasteiger partial charge in [-0.15, -0.1) is 10.2 Å². The Labute approximate surface area is 198 Å². The van der Waals surface area contributed by atoms with Gasteiger partial charge in [0.1, 0.15) is 5.82 Å². The summed E-state index contributed by atoms with van der Waals surface area (Å²) in [6, 6.07) is 14.6. The molecule has 6 nitrogen and oxygen atoms in total. The highest BCUT2D eigenvalue weighted by Crippen LogP contribution is 2.32. The predicted molar refractivity (Wildman–Crippen MR) is 129 cm³/mol. The number of carbonyl (C=O) groups is 1. The number of hydrogen-bond donors (Lipinski definition) is 1. The lowest BCUT2D eigenvalue weighted by Crippen LogP contribution is -2.36. The Morgan fingerprint density at radius 3 is 2.61 bits per heavy atom. The van der Waals surface area contributed by atoms with Crippen molar-refractivity contribution < 1.29 is 9.18 Å². The molecule has 0 spiro atoms. The van der Waals surface area contributed by atoms with Gasteiger partial charge in [0.25, 0.3) is 0 Å². The average molecular weight is 468 g/mol. The van der Waals surface area contributed by atoms with E-state index in [0.717, 1.165) is 30.8 Å². The minimum atomic E-state index is -0.370. The first-order chi connectivity index (χ1) is 15.8.